The number of nitrogens with one attached hydrogen (secondary N) is 2. The Morgan fingerprint density at radius 3 is 3.00 bits per heavy atom. The number of allylic oxidation sites excluding steroid dienone is 1. The van der Waals surface area contributed by atoms with Crippen molar-refractivity contribution in [1.29, 1.82) is 0 Å². The van der Waals surface area contributed by atoms with Crippen molar-refractivity contribution >= 4 is 5.91 Å². The van der Waals surface area contributed by atoms with Crippen LogP contribution in [-0.4, -0.2) is 5.91 Å². The summed E-state index contributed by atoms with van der Waals surface area (Å²) >= 11 is 0. The van der Waals surface area contributed by atoms with Crippen LogP contribution in [0.3, 0.4) is 0 Å². The zero-order valence-corrected chi connectivity index (χ0v) is 5.14. The minimum atomic E-state index is -0.0978. The molecule has 0 saturated heterocycles. The van der Waals surface area contributed by atoms with E-state index in [-0.39, 0.29) is 5.91 Å². The molecule has 0 aromatic rings. The van der Waals surface area contributed by atoms with Crippen LogP contribution in [-0.2, 0) is 4.79 Å². The fourth-order valence-corrected chi connectivity index (χ4v) is 0.518. The summed E-state index contributed by atoms with van der Waals surface area (Å²) in [6.45, 7) is 1.87. The Bertz CT molecular complexity index is 181. The molecule has 0 fully saturated rings. The molecule has 1 aliphatic rings. The highest BCUT2D eigenvalue weighted by Gasteiger charge is 1.94. The summed E-state index contributed by atoms with van der Waals surface area (Å²) in [5.74, 6) is -0.0978. The van der Waals surface area contributed by atoms with E-state index in [1.54, 1.807) is 12.4 Å². The van der Waals surface area contributed by atoms with Gasteiger partial charge in [0.25, 0.3) is 0 Å². The molecule has 0 spiro atoms. The normalized spacial score (nSPS) is 17.4. The summed E-state index contributed by atoms with van der Waals surface area (Å²) in [6.07, 6.45) is 4.67. The second kappa shape index (κ2) is 2.35. The molecule has 3 heteroatoms. The first-order chi connectivity index (χ1) is 4.29. The third kappa shape index (κ3) is 1.60. The zero-order chi connectivity index (χ0) is 6.69. The second-order valence-electron chi connectivity index (χ2n) is 1.81. The van der Waals surface area contributed by atoms with Crippen LogP contribution >= 0.6 is 0 Å². The molecule has 3 nitrogen and oxygen atoms in total. The largest absolute Gasteiger partial charge is 0.364 e. The van der Waals surface area contributed by atoms with Gasteiger partial charge in [-0.2, -0.15) is 0 Å². The summed E-state index contributed by atoms with van der Waals surface area (Å²) < 4.78 is 0. The van der Waals surface area contributed by atoms with E-state index < -0.39 is 0 Å². The highest BCUT2D eigenvalue weighted by molar-refractivity contribution is 5.88. The Morgan fingerprint density at radius 2 is 2.22 bits per heavy atom. The standard InChI is InChI=1S/C6H8N2O/c1-5-4-8-6(9)2-3-7-5/h2-4,7H,1H3,(H,8,9). The summed E-state index contributed by atoms with van der Waals surface area (Å²) in [4.78, 5) is 10.5. The average Bonchev–Trinajstić information content (AvgIpc) is 1.97. The van der Waals surface area contributed by atoms with E-state index in [0.29, 0.717) is 0 Å². The number of rotatable bonds is 0. The number of carbonyl (C=O) groups is 1. The number of hydrogen-bond donors (Lipinski definition) is 2. The molecule has 1 aliphatic heterocycles. The topological polar surface area (TPSA) is 41.1 Å². The Balaban J connectivity index is 2.68. The minimum absolute atomic E-state index is 0.0978. The number of amides is 1. The van der Waals surface area contributed by atoms with Gasteiger partial charge < -0.3 is 10.6 Å². The number of carbonyl (C=O) groups excluding carboxylic acids is 1. The van der Waals surface area contributed by atoms with E-state index in [2.05, 4.69) is 10.6 Å². The Labute approximate surface area is 53.4 Å². The smallest absolute Gasteiger partial charge is 0.249 e. The second-order valence-corrected chi connectivity index (χ2v) is 1.81. The van der Waals surface area contributed by atoms with Gasteiger partial charge in [0.15, 0.2) is 0 Å². The highest BCUT2D eigenvalue weighted by atomic mass is 16.1. The van der Waals surface area contributed by atoms with Crippen LogP contribution in [0.25, 0.3) is 0 Å². The predicted molar refractivity (Wildman–Crippen MR) is 34.2 cm³/mol. The maximum Gasteiger partial charge on any atom is 0.249 e. The fraction of sp³-hybridized carbons (Fsp3) is 0.167. The van der Waals surface area contributed by atoms with Crippen molar-refractivity contribution in [1.82, 2.24) is 10.6 Å². The molecule has 0 aromatic heterocycles. The van der Waals surface area contributed by atoms with Crippen LogP contribution in [0, 0.1) is 0 Å². The molecular formula is C6H8N2O. The summed E-state index contributed by atoms with van der Waals surface area (Å²) in [5.41, 5.74) is 0.928. The van der Waals surface area contributed by atoms with Gasteiger partial charge in [-0.3, -0.25) is 4.79 Å². The maximum absolute atomic E-state index is 10.5. The Morgan fingerprint density at radius 1 is 1.44 bits per heavy atom. The van der Waals surface area contributed by atoms with Gasteiger partial charge in [-0.25, -0.2) is 0 Å². The molecule has 1 rings (SSSR count). The molecule has 48 valence electrons. The van der Waals surface area contributed by atoms with Crippen molar-refractivity contribution in [3.63, 3.8) is 0 Å². The van der Waals surface area contributed by atoms with Crippen molar-refractivity contribution in [2.24, 2.45) is 0 Å². The molecule has 0 radical (unpaired) electrons. The van der Waals surface area contributed by atoms with Gasteiger partial charge in [0.2, 0.25) is 5.91 Å². The van der Waals surface area contributed by atoms with Crippen LogP contribution in [0.4, 0.5) is 0 Å². The first kappa shape index (κ1) is 5.88. The summed E-state index contributed by atoms with van der Waals surface area (Å²) in [6, 6.07) is 0. The molecule has 2 N–H and O–H groups in total. The SMILES string of the molecule is CC1=CNC(=O)C=CN1. The third-order valence-electron chi connectivity index (χ3n) is 0.977. The molecule has 0 unspecified atom stereocenters. The Hall–Kier alpha value is -1.25. The van der Waals surface area contributed by atoms with Crippen molar-refractivity contribution in [3.05, 3.63) is 24.2 Å². The van der Waals surface area contributed by atoms with E-state index in [9.17, 15) is 4.79 Å². The zero-order valence-electron chi connectivity index (χ0n) is 5.14. The summed E-state index contributed by atoms with van der Waals surface area (Å²) in [7, 11) is 0. The van der Waals surface area contributed by atoms with Crippen LogP contribution in [0.15, 0.2) is 24.2 Å². The van der Waals surface area contributed by atoms with Crippen molar-refractivity contribution in [3.8, 4) is 0 Å². The van der Waals surface area contributed by atoms with Gasteiger partial charge in [-0.05, 0) is 6.92 Å². The molecule has 0 bridgehead atoms. The van der Waals surface area contributed by atoms with Gasteiger partial charge in [-0.1, -0.05) is 0 Å². The lowest BCUT2D eigenvalue weighted by Crippen LogP contribution is -2.12. The van der Waals surface area contributed by atoms with E-state index in [4.69, 9.17) is 0 Å². The van der Waals surface area contributed by atoms with E-state index in [1.165, 1.54) is 6.08 Å². The van der Waals surface area contributed by atoms with Crippen molar-refractivity contribution < 1.29 is 4.79 Å². The molecule has 1 heterocycles. The average molecular weight is 124 g/mol. The molecule has 0 atom stereocenters. The van der Waals surface area contributed by atoms with Gasteiger partial charge in [0.1, 0.15) is 0 Å². The number of hydrogen-bond acceptors (Lipinski definition) is 2. The molecule has 0 aliphatic carbocycles. The predicted octanol–water partition coefficient (Wildman–Crippen LogP) is 0.0808. The summed E-state index contributed by atoms with van der Waals surface area (Å²) in [5, 5.41) is 5.42. The molecule has 0 saturated carbocycles. The molecular weight excluding hydrogens is 116 g/mol. The Kier molecular flexibility index (Phi) is 1.53. The van der Waals surface area contributed by atoms with Crippen LogP contribution in [0.5, 0.6) is 0 Å². The first-order valence-corrected chi connectivity index (χ1v) is 2.69. The van der Waals surface area contributed by atoms with Gasteiger partial charge >= 0.3 is 0 Å². The monoisotopic (exact) mass is 124 g/mol. The highest BCUT2D eigenvalue weighted by Crippen LogP contribution is 1.87. The van der Waals surface area contributed by atoms with Gasteiger partial charge in [0.05, 0.1) is 0 Å². The minimum Gasteiger partial charge on any atom is -0.364 e. The van der Waals surface area contributed by atoms with Gasteiger partial charge in [-0.15, -0.1) is 0 Å². The first-order valence-electron chi connectivity index (χ1n) is 2.69. The molecule has 1 amide bonds. The third-order valence-corrected chi connectivity index (χ3v) is 0.977. The van der Waals surface area contributed by atoms with Crippen molar-refractivity contribution in [2.75, 3.05) is 0 Å². The van der Waals surface area contributed by atoms with E-state index in [0.717, 1.165) is 5.70 Å². The lowest BCUT2D eigenvalue weighted by atomic mass is 10.5. The van der Waals surface area contributed by atoms with Crippen LogP contribution in [0.1, 0.15) is 6.92 Å². The lowest BCUT2D eigenvalue weighted by Gasteiger charge is -1.93. The maximum atomic E-state index is 10.5. The molecule has 9 heavy (non-hydrogen) atoms. The van der Waals surface area contributed by atoms with Crippen LogP contribution in [0.2, 0.25) is 0 Å². The van der Waals surface area contributed by atoms with Crippen LogP contribution < -0.4 is 10.6 Å². The quantitative estimate of drug-likeness (QED) is 0.480. The van der Waals surface area contributed by atoms with E-state index in [1.807, 2.05) is 6.92 Å². The van der Waals surface area contributed by atoms with Crippen molar-refractivity contribution in [2.45, 2.75) is 6.92 Å². The lowest BCUT2D eigenvalue weighted by molar-refractivity contribution is -0.115. The fourth-order valence-electron chi connectivity index (χ4n) is 0.518. The van der Waals surface area contributed by atoms with E-state index >= 15 is 0 Å². The van der Waals surface area contributed by atoms with Gasteiger partial charge in [0, 0.05) is 24.2 Å². The molecule has 0 aromatic carbocycles.